The van der Waals surface area contributed by atoms with Crippen LogP contribution in [0.3, 0.4) is 0 Å². The molecule has 7 nitrogen and oxygen atoms in total. The molecule has 0 spiro atoms. The second kappa shape index (κ2) is 7.88. The first-order valence-corrected chi connectivity index (χ1v) is 7.24. The van der Waals surface area contributed by atoms with Gasteiger partial charge in [0.2, 0.25) is 0 Å². The fourth-order valence-electron chi connectivity index (χ4n) is 1.68. The molecule has 2 aromatic rings. The van der Waals surface area contributed by atoms with E-state index in [9.17, 15) is 10.1 Å². The SMILES string of the molecule is CC[C@@H](C)Oc1ccc(C=NNc2ccc([N+](=O)[O-])cn2)cc1. The van der Waals surface area contributed by atoms with Gasteiger partial charge in [-0.05, 0) is 49.2 Å². The van der Waals surface area contributed by atoms with Crippen molar-refractivity contribution in [2.24, 2.45) is 5.10 Å². The van der Waals surface area contributed by atoms with Crippen LogP contribution < -0.4 is 10.2 Å². The van der Waals surface area contributed by atoms with Gasteiger partial charge in [0, 0.05) is 6.07 Å². The molecule has 7 heteroatoms. The molecule has 120 valence electrons. The molecule has 1 aromatic carbocycles. The van der Waals surface area contributed by atoms with Gasteiger partial charge in [-0.3, -0.25) is 15.5 Å². The van der Waals surface area contributed by atoms with E-state index in [-0.39, 0.29) is 11.8 Å². The Balaban J connectivity index is 1.91. The van der Waals surface area contributed by atoms with Gasteiger partial charge in [-0.25, -0.2) is 4.98 Å². The maximum absolute atomic E-state index is 10.5. The van der Waals surface area contributed by atoms with E-state index in [2.05, 4.69) is 22.4 Å². The first kappa shape index (κ1) is 16.4. The Hall–Kier alpha value is -2.96. The molecule has 1 N–H and O–H groups in total. The molecule has 0 aliphatic carbocycles. The van der Waals surface area contributed by atoms with E-state index < -0.39 is 4.92 Å². The van der Waals surface area contributed by atoms with E-state index in [4.69, 9.17) is 4.74 Å². The number of hydrogen-bond donors (Lipinski definition) is 1. The predicted octanol–water partition coefficient (Wildman–Crippen LogP) is 3.61. The molecule has 2 rings (SSSR count). The van der Waals surface area contributed by atoms with Crippen LogP contribution in [0, 0.1) is 10.1 Å². The van der Waals surface area contributed by atoms with Crippen molar-refractivity contribution in [3.8, 4) is 5.75 Å². The molecule has 0 saturated heterocycles. The number of nitrogens with zero attached hydrogens (tertiary/aromatic N) is 3. The molecule has 0 unspecified atom stereocenters. The normalized spacial score (nSPS) is 12.1. The fourth-order valence-corrected chi connectivity index (χ4v) is 1.68. The first-order chi connectivity index (χ1) is 11.1. The summed E-state index contributed by atoms with van der Waals surface area (Å²) in [7, 11) is 0. The van der Waals surface area contributed by atoms with Crippen molar-refractivity contribution in [3.05, 3.63) is 58.3 Å². The third kappa shape index (κ3) is 5.06. The number of nitrogens with one attached hydrogen (secondary N) is 1. The van der Waals surface area contributed by atoms with Crippen molar-refractivity contribution < 1.29 is 9.66 Å². The number of hydrazone groups is 1. The minimum Gasteiger partial charge on any atom is -0.491 e. The van der Waals surface area contributed by atoms with Crippen molar-refractivity contribution in [1.29, 1.82) is 0 Å². The lowest BCUT2D eigenvalue weighted by atomic mass is 10.2. The Labute approximate surface area is 134 Å². The van der Waals surface area contributed by atoms with Crippen LogP contribution >= 0.6 is 0 Å². The zero-order valence-electron chi connectivity index (χ0n) is 13.0. The lowest BCUT2D eigenvalue weighted by Gasteiger charge is -2.12. The Bertz CT molecular complexity index is 669. The summed E-state index contributed by atoms with van der Waals surface area (Å²) in [6.45, 7) is 4.10. The zero-order valence-corrected chi connectivity index (χ0v) is 13.0. The molecule has 0 bridgehead atoms. The summed E-state index contributed by atoms with van der Waals surface area (Å²) in [5, 5.41) is 14.6. The Morgan fingerprint density at radius 2 is 2.09 bits per heavy atom. The lowest BCUT2D eigenvalue weighted by Crippen LogP contribution is -2.09. The number of pyridine rings is 1. The molecule has 23 heavy (non-hydrogen) atoms. The van der Waals surface area contributed by atoms with Crippen LogP contribution in [0.2, 0.25) is 0 Å². The molecule has 1 atom stereocenters. The fraction of sp³-hybridized carbons (Fsp3) is 0.250. The van der Waals surface area contributed by atoms with Crippen LogP contribution in [0.1, 0.15) is 25.8 Å². The van der Waals surface area contributed by atoms with Gasteiger partial charge in [-0.15, -0.1) is 0 Å². The van der Waals surface area contributed by atoms with Gasteiger partial charge in [0.25, 0.3) is 5.69 Å². The van der Waals surface area contributed by atoms with Gasteiger partial charge in [0.1, 0.15) is 17.8 Å². The van der Waals surface area contributed by atoms with Crippen LogP contribution in [-0.4, -0.2) is 22.2 Å². The highest BCUT2D eigenvalue weighted by Crippen LogP contribution is 2.14. The Morgan fingerprint density at radius 3 is 2.65 bits per heavy atom. The summed E-state index contributed by atoms with van der Waals surface area (Å²) >= 11 is 0. The number of rotatable bonds is 7. The van der Waals surface area contributed by atoms with Crippen molar-refractivity contribution >= 4 is 17.7 Å². The van der Waals surface area contributed by atoms with Crippen LogP contribution in [0.4, 0.5) is 11.5 Å². The summed E-state index contributed by atoms with van der Waals surface area (Å²) in [5.74, 6) is 1.25. The van der Waals surface area contributed by atoms with Crippen LogP contribution in [0.25, 0.3) is 0 Å². The first-order valence-electron chi connectivity index (χ1n) is 7.24. The van der Waals surface area contributed by atoms with Gasteiger partial charge < -0.3 is 4.74 Å². The molecule has 0 saturated carbocycles. The van der Waals surface area contributed by atoms with Crippen molar-refractivity contribution in [3.63, 3.8) is 0 Å². The Kier molecular flexibility index (Phi) is 5.62. The molecule has 1 heterocycles. The van der Waals surface area contributed by atoms with Crippen molar-refractivity contribution in [2.45, 2.75) is 26.4 Å². The van der Waals surface area contributed by atoms with E-state index >= 15 is 0 Å². The summed E-state index contributed by atoms with van der Waals surface area (Å²) in [6, 6.07) is 10.4. The third-order valence-corrected chi connectivity index (χ3v) is 3.14. The molecule has 0 fully saturated rings. The Morgan fingerprint density at radius 1 is 1.35 bits per heavy atom. The highest BCUT2D eigenvalue weighted by atomic mass is 16.6. The van der Waals surface area contributed by atoms with Crippen LogP contribution in [0.15, 0.2) is 47.7 Å². The molecule has 1 aromatic heterocycles. The number of ether oxygens (including phenoxy) is 1. The minimum absolute atomic E-state index is 0.0589. The smallest absolute Gasteiger partial charge is 0.287 e. The lowest BCUT2D eigenvalue weighted by molar-refractivity contribution is -0.385. The highest BCUT2D eigenvalue weighted by molar-refractivity contribution is 5.80. The average molecular weight is 314 g/mol. The summed E-state index contributed by atoms with van der Waals surface area (Å²) in [4.78, 5) is 13.9. The van der Waals surface area contributed by atoms with E-state index in [1.807, 2.05) is 31.2 Å². The number of benzene rings is 1. The highest BCUT2D eigenvalue weighted by Gasteiger charge is 2.04. The quantitative estimate of drug-likeness (QED) is 0.479. The molecular weight excluding hydrogens is 296 g/mol. The number of anilines is 1. The maximum atomic E-state index is 10.5. The molecule has 0 aliphatic rings. The third-order valence-electron chi connectivity index (χ3n) is 3.14. The van der Waals surface area contributed by atoms with E-state index in [1.54, 1.807) is 6.21 Å². The minimum atomic E-state index is -0.497. The van der Waals surface area contributed by atoms with Gasteiger partial charge >= 0.3 is 0 Å². The topological polar surface area (TPSA) is 89.6 Å². The molecular formula is C16H18N4O3. The summed E-state index contributed by atoms with van der Waals surface area (Å²) in [6.07, 6.45) is 3.95. The second-order valence-corrected chi connectivity index (χ2v) is 4.93. The van der Waals surface area contributed by atoms with Gasteiger partial charge in [-0.1, -0.05) is 6.92 Å². The van der Waals surface area contributed by atoms with E-state index in [0.29, 0.717) is 5.82 Å². The molecule has 0 amide bonds. The van der Waals surface area contributed by atoms with Crippen molar-refractivity contribution in [2.75, 3.05) is 5.43 Å². The monoisotopic (exact) mass is 314 g/mol. The average Bonchev–Trinajstić information content (AvgIpc) is 2.57. The largest absolute Gasteiger partial charge is 0.491 e. The molecule has 0 radical (unpaired) electrons. The number of nitro groups is 1. The second-order valence-electron chi connectivity index (χ2n) is 4.93. The summed E-state index contributed by atoms with van der Waals surface area (Å²) in [5.41, 5.74) is 3.56. The molecule has 0 aliphatic heterocycles. The predicted molar refractivity (Wildman–Crippen MR) is 88.9 cm³/mol. The van der Waals surface area contributed by atoms with E-state index in [1.165, 1.54) is 18.3 Å². The van der Waals surface area contributed by atoms with Gasteiger partial charge in [-0.2, -0.15) is 5.10 Å². The van der Waals surface area contributed by atoms with Crippen LogP contribution in [-0.2, 0) is 0 Å². The van der Waals surface area contributed by atoms with E-state index in [0.717, 1.165) is 17.7 Å². The maximum Gasteiger partial charge on any atom is 0.287 e. The number of aromatic nitrogens is 1. The van der Waals surface area contributed by atoms with Crippen molar-refractivity contribution in [1.82, 2.24) is 4.98 Å². The number of hydrogen-bond acceptors (Lipinski definition) is 6. The van der Waals surface area contributed by atoms with Gasteiger partial charge in [0.15, 0.2) is 0 Å². The summed E-state index contributed by atoms with van der Waals surface area (Å²) < 4.78 is 5.70. The standard InChI is InChI=1S/C16H18N4O3/c1-3-12(2)23-15-7-4-13(5-8-15)10-18-19-16-9-6-14(11-17-16)20(21)22/h4-12H,3H2,1-2H3,(H,17,19)/t12-/m1/s1. The zero-order chi connectivity index (χ0) is 16.7. The van der Waals surface area contributed by atoms with Crippen LogP contribution in [0.5, 0.6) is 5.75 Å². The van der Waals surface area contributed by atoms with Gasteiger partial charge in [0.05, 0.1) is 17.2 Å².